The Kier molecular flexibility index (Phi) is 8.39. The van der Waals surface area contributed by atoms with Gasteiger partial charge in [0.1, 0.15) is 6.17 Å². The lowest BCUT2D eigenvalue weighted by Gasteiger charge is -2.47. The first kappa shape index (κ1) is 29.0. The van der Waals surface area contributed by atoms with Crippen LogP contribution in [0.15, 0.2) is 12.3 Å². The Hall–Kier alpha value is -1.05. The van der Waals surface area contributed by atoms with Gasteiger partial charge in [0.15, 0.2) is 0 Å². The summed E-state index contributed by atoms with van der Waals surface area (Å²) in [5.74, 6) is 1.52. The fourth-order valence-electron chi connectivity index (χ4n) is 7.43. The Morgan fingerprint density at radius 3 is 2.77 bits per heavy atom. The molecule has 5 fully saturated rings. The second-order valence-electron chi connectivity index (χ2n) is 13.4. The van der Waals surface area contributed by atoms with Gasteiger partial charge in [-0.3, -0.25) is 24.9 Å². The zero-order valence-electron chi connectivity index (χ0n) is 23.8. The molecule has 7 unspecified atom stereocenters. The van der Waals surface area contributed by atoms with Gasteiger partial charge in [-0.05, 0) is 90.5 Å². The van der Waals surface area contributed by atoms with E-state index in [9.17, 15) is 13.2 Å². The molecular formula is C28H46F3N7OS. The number of hydrogen-bond donors (Lipinski definition) is 4. The predicted molar refractivity (Wildman–Crippen MR) is 150 cm³/mol. The van der Waals surface area contributed by atoms with Gasteiger partial charge < -0.3 is 10.1 Å². The van der Waals surface area contributed by atoms with Crippen LogP contribution in [0, 0.1) is 17.3 Å². The Labute approximate surface area is 240 Å². The minimum atomic E-state index is -4.15. The van der Waals surface area contributed by atoms with Gasteiger partial charge in [0.2, 0.25) is 5.88 Å². The summed E-state index contributed by atoms with van der Waals surface area (Å²) >= 11 is 1.84. The molecule has 0 radical (unpaired) electrons. The summed E-state index contributed by atoms with van der Waals surface area (Å²) in [6, 6.07) is 1.78. The Bertz CT molecular complexity index is 1000. The van der Waals surface area contributed by atoms with Crippen molar-refractivity contribution in [1.82, 2.24) is 35.4 Å². The van der Waals surface area contributed by atoms with Crippen molar-refractivity contribution in [1.29, 1.82) is 0 Å². The van der Waals surface area contributed by atoms with Crippen molar-refractivity contribution in [2.75, 3.05) is 26.2 Å². The lowest BCUT2D eigenvalue weighted by Crippen LogP contribution is -2.60. The molecule has 4 saturated heterocycles. The van der Waals surface area contributed by atoms with E-state index in [2.05, 4.69) is 44.5 Å². The van der Waals surface area contributed by atoms with Gasteiger partial charge in [0.05, 0.1) is 29.7 Å². The van der Waals surface area contributed by atoms with E-state index in [1.54, 1.807) is 6.07 Å². The number of piperidine rings is 2. The van der Waals surface area contributed by atoms with E-state index in [4.69, 9.17) is 4.74 Å². The van der Waals surface area contributed by atoms with Gasteiger partial charge in [0.25, 0.3) is 0 Å². The zero-order chi connectivity index (χ0) is 28.0. The standard InChI is InChI=1S/C28H46F3N7OS/c1-26(2)16-19-8-13-32-21-4-3-5-24(34-21)40-33-17-20-6-7-22(35-25(20)37(26)18-19)38-14-9-23(36-38)39-15-12-27(10-11-27)28(29,30)31/h9,14,19-22,24-25,32-35H,3-8,10-13,15-18H2,1-2H3. The van der Waals surface area contributed by atoms with Crippen LogP contribution in [0.4, 0.5) is 13.2 Å². The minimum absolute atomic E-state index is 0.00241. The first-order valence-corrected chi connectivity index (χ1v) is 16.2. The molecule has 1 aromatic rings. The molecule has 0 spiro atoms. The summed E-state index contributed by atoms with van der Waals surface area (Å²) in [6.45, 7) is 7.86. The van der Waals surface area contributed by atoms with Crippen LogP contribution in [0.1, 0.15) is 84.2 Å². The maximum atomic E-state index is 13.3. The van der Waals surface area contributed by atoms with Gasteiger partial charge in [-0.15, -0.1) is 5.10 Å². The molecule has 1 saturated carbocycles. The third kappa shape index (κ3) is 6.32. The summed E-state index contributed by atoms with van der Waals surface area (Å²) in [4.78, 5) is 2.69. The first-order valence-electron chi connectivity index (χ1n) is 15.3. The molecule has 1 aromatic heterocycles. The molecule has 6 rings (SSSR count). The fourth-order valence-corrected chi connectivity index (χ4v) is 8.46. The number of ether oxygens (including phenoxy) is 1. The van der Waals surface area contributed by atoms with E-state index in [-0.39, 0.29) is 43.7 Å². The molecule has 4 bridgehead atoms. The average molecular weight is 586 g/mol. The van der Waals surface area contributed by atoms with E-state index in [0.717, 1.165) is 32.5 Å². The van der Waals surface area contributed by atoms with Crippen molar-refractivity contribution in [3.63, 3.8) is 0 Å². The Balaban J connectivity index is 1.11. The second-order valence-corrected chi connectivity index (χ2v) is 14.5. The number of fused-ring (bicyclic) bond motifs is 6. The molecule has 8 nitrogen and oxygen atoms in total. The zero-order valence-corrected chi connectivity index (χ0v) is 24.6. The van der Waals surface area contributed by atoms with Crippen molar-refractivity contribution >= 4 is 11.9 Å². The highest BCUT2D eigenvalue weighted by atomic mass is 32.2. The lowest BCUT2D eigenvalue weighted by molar-refractivity contribution is -0.190. The van der Waals surface area contributed by atoms with Crippen LogP contribution < -0.4 is 25.4 Å². The van der Waals surface area contributed by atoms with Crippen LogP contribution in [-0.2, 0) is 0 Å². The molecule has 5 heterocycles. The van der Waals surface area contributed by atoms with Gasteiger partial charge in [-0.2, -0.15) is 13.2 Å². The third-order valence-electron chi connectivity index (χ3n) is 10.0. The fraction of sp³-hybridized carbons (Fsp3) is 0.893. The van der Waals surface area contributed by atoms with Crippen LogP contribution in [0.25, 0.3) is 0 Å². The number of aromatic nitrogens is 2. The van der Waals surface area contributed by atoms with E-state index < -0.39 is 11.6 Å². The third-order valence-corrected chi connectivity index (χ3v) is 11.0. The highest BCUT2D eigenvalue weighted by molar-refractivity contribution is 7.98. The normalized spacial score (nSPS) is 37.8. The molecular weight excluding hydrogens is 539 g/mol. The molecule has 5 aliphatic rings. The van der Waals surface area contributed by atoms with E-state index >= 15 is 0 Å². The van der Waals surface area contributed by atoms with E-state index in [1.807, 2.05) is 22.8 Å². The van der Waals surface area contributed by atoms with Gasteiger partial charge in [-0.25, -0.2) is 0 Å². The van der Waals surface area contributed by atoms with Crippen LogP contribution in [0.5, 0.6) is 5.88 Å². The summed E-state index contributed by atoms with van der Waals surface area (Å²) in [6.07, 6.45) is 6.83. The van der Waals surface area contributed by atoms with E-state index in [1.165, 1.54) is 32.1 Å². The molecule has 0 amide bonds. The molecule has 7 atom stereocenters. The number of nitrogens with one attached hydrogen (secondary N) is 4. The van der Waals surface area contributed by atoms with Crippen molar-refractivity contribution in [2.45, 2.75) is 114 Å². The summed E-state index contributed by atoms with van der Waals surface area (Å²) in [7, 11) is 0. The number of rotatable bonds is 5. The smallest absolute Gasteiger partial charge is 0.394 e. The van der Waals surface area contributed by atoms with Crippen molar-refractivity contribution < 1.29 is 17.9 Å². The SMILES string of the molecule is CC1(C)CC2CCNC3CCCC(N3)SNCC3CCC(n4ccc(OCCC5(C(F)(F)F)CC5)n4)NC3N1C2. The maximum Gasteiger partial charge on any atom is 0.394 e. The Morgan fingerprint density at radius 1 is 1.12 bits per heavy atom. The monoisotopic (exact) mass is 585 g/mol. The van der Waals surface area contributed by atoms with Crippen LogP contribution in [-0.4, -0.2) is 70.3 Å². The van der Waals surface area contributed by atoms with Gasteiger partial charge in [0, 0.05) is 36.8 Å². The van der Waals surface area contributed by atoms with Crippen LogP contribution >= 0.6 is 11.9 Å². The van der Waals surface area contributed by atoms with Crippen LogP contribution in [0.2, 0.25) is 0 Å². The number of alkyl halides is 3. The van der Waals surface area contributed by atoms with E-state index in [0.29, 0.717) is 29.3 Å². The largest absolute Gasteiger partial charge is 0.477 e. The number of hydrogen-bond acceptors (Lipinski definition) is 8. The maximum absolute atomic E-state index is 13.3. The molecule has 12 heteroatoms. The van der Waals surface area contributed by atoms with Crippen molar-refractivity contribution in [2.24, 2.45) is 17.3 Å². The van der Waals surface area contributed by atoms with Gasteiger partial charge in [-0.1, -0.05) is 11.9 Å². The lowest BCUT2D eigenvalue weighted by atomic mass is 9.90. The molecule has 226 valence electrons. The quantitative estimate of drug-likeness (QED) is 0.375. The topological polar surface area (TPSA) is 78.4 Å². The molecule has 4 aliphatic heterocycles. The number of halogens is 3. The summed E-state index contributed by atoms with van der Waals surface area (Å²) < 4.78 is 51.1. The van der Waals surface area contributed by atoms with Crippen molar-refractivity contribution in [3.05, 3.63) is 12.3 Å². The van der Waals surface area contributed by atoms with Crippen molar-refractivity contribution in [3.8, 4) is 5.88 Å². The molecule has 1 aliphatic carbocycles. The second kappa shape index (κ2) is 11.6. The summed E-state index contributed by atoms with van der Waals surface area (Å²) in [5.41, 5.74) is -1.45. The predicted octanol–water partition coefficient (Wildman–Crippen LogP) is 4.58. The summed E-state index contributed by atoms with van der Waals surface area (Å²) in [5, 5.41) is 16.6. The highest BCUT2D eigenvalue weighted by Crippen LogP contribution is 2.59. The average Bonchev–Trinajstić information content (AvgIpc) is 3.46. The molecule has 40 heavy (non-hydrogen) atoms. The Morgan fingerprint density at radius 2 is 1.98 bits per heavy atom. The molecule has 4 N–H and O–H groups in total. The molecule has 0 aromatic carbocycles. The minimum Gasteiger partial charge on any atom is -0.477 e. The highest BCUT2D eigenvalue weighted by Gasteiger charge is 2.62. The first-order chi connectivity index (χ1) is 19.1. The van der Waals surface area contributed by atoms with Crippen LogP contribution in [0.3, 0.4) is 0 Å². The number of nitrogens with zero attached hydrogens (tertiary/aromatic N) is 3. The van der Waals surface area contributed by atoms with Gasteiger partial charge >= 0.3 is 6.18 Å².